The first-order valence-corrected chi connectivity index (χ1v) is 5.94. The van der Waals surface area contributed by atoms with Gasteiger partial charge in [0.2, 0.25) is 5.91 Å². The molecule has 2 N–H and O–H groups in total. The highest BCUT2D eigenvalue weighted by Gasteiger charge is 2.27. The van der Waals surface area contributed by atoms with Crippen molar-refractivity contribution in [1.82, 2.24) is 10.2 Å². The van der Waals surface area contributed by atoms with Gasteiger partial charge < -0.3 is 15.4 Å². The van der Waals surface area contributed by atoms with E-state index in [1.165, 1.54) is 12.8 Å². The summed E-state index contributed by atoms with van der Waals surface area (Å²) in [5.74, 6) is 0.735. The molecule has 2 aliphatic heterocycles. The van der Waals surface area contributed by atoms with Gasteiger partial charge in [0.15, 0.2) is 0 Å². The van der Waals surface area contributed by atoms with Crippen LogP contribution < -0.4 is 5.32 Å². The molecule has 98 valence electrons. The zero-order valence-corrected chi connectivity index (χ0v) is 9.80. The molecule has 7 nitrogen and oxygen atoms in total. The summed E-state index contributed by atoms with van der Waals surface area (Å²) >= 11 is 0. The first-order valence-electron chi connectivity index (χ1n) is 5.94. The van der Waals surface area contributed by atoms with Crippen LogP contribution in [0.3, 0.4) is 0 Å². The third kappa shape index (κ3) is 4.99. The maximum atomic E-state index is 11.9. The average Bonchev–Trinajstić information content (AvgIpc) is 2.82. The second-order valence-electron chi connectivity index (χ2n) is 4.29. The van der Waals surface area contributed by atoms with E-state index in [1.54, 1.807) is 0 Å². The molecular weight excluding hydrogens is 226 g/mol. The van der Waals surface area contributed by atoms with Crippen LogP contribution in [-0.4, -0.2) is 47.3 Å². The van der Waals surface area contributed by atoms with E-state index in [4.69, 9.17) is 15.3 Å². The number of rotatable bonds is 1. The summed E-state index contributed by atoms with van der Waals surface area (Å²) in [4.78, 5) is 22.3. The molecule has 0 unspecified atom stereocenters. The number of amides is 1. The normalized spacial score (nSPS) is 20.6. The van der Waals surface area contributed by atoms with Crippen LogP contribution in [0.5, 0.6) is 0 Å². The monoisotopic (exact) mass is 245 g/mol. The lowest BCUT2D eigenvalue weighted by Crippen LogP contribution is -2.39. The summed E-state index contributed by atoms with van der Waals surface area (Å²) in [7, 11) is 0. The Bertz CT molecular complexity index is 256. The van der Waals surface area contributed by atoms with Crippen LogP contribution >= 0.6 is 0 Å². The van der Waals surface area contributed by atoms with E-state index in [0.717, 1.165) is 39.0 Å². The van der Waals surface area contributed by atoms with Gasteiger partial charge in [-0.15, -0.1) is 10.1 Å². The second kappa shape index (κ2) is 7.05. The minimum absolute atomic E-state index is 0.319. The van der Waals surface area contributed by atoms with Crippen molar-refractivity contribution < 1.29 is 15.1 Å². The fourth-order valence-electron chi connectivity index (χ4n) is 2.26. The third-order valence-electron chi connectivity index (χ3n) is 3.11. The maximum Gasteiger partial charge on any atom is 0.291 e. The zero-order valence-electron chi connectivity index (χ0n) is 9.80. The van der Waals surface area contributed by atoms with Crippen LogP contribution in [0.2, 0.25) is 0 Å². The lowest BCUT2D eigenvalue weighted by Gasteiger charge is -2.26. The predicted octanol–water partition coefficient (Wildman–Crippen LogP) is 0.261. The molecule has 0 aromatic heterocycles. The minimum atomic E-state index is -1.50. The van der Waals surface area contributed by atoms with Crippen molar-refractivity contribution in [3.8, 4) is 0 Å². The second-order valence-corrected chi connectivity index (χ2v) is 4.29. The van der Waals surface area contributed by atoms with E-state index < -0.39 is 5.09 Å². The predicted molar refractivity (Wildman–Crippen MR) is 60.2 cm³/mol. The molecule has 17 heavy (non-hydrogen) atoms. The summed E-state index contributed by atoms with van der Waals surface area (Å²) < 4.78 is 0. The van der Waals surface area contributed by atoms with Crippen molar-refractivity contribution >= 4 is 5.91 Å². The van der Waals surface area contributed by atoms with Crippen LogP contribution in [0, 0.1) is 16.0 Å². The number of hydrogen-bond acceptors (Lipinski definition) is 4. The van der Waals surface area contributed by atoms with Crippen molar-refractivity contribution in [2.45, 2.75) is 25.7 Å². The molecule has 0 saturated carbocycles. The lowest BCUT2D eigenvalue weighted by atomic mass is 9.97. The standard InChI is InChI=1S/C10H18N2O.HNO3/c13-10(12-7-1-2-8-12)9-3-5-11-6-4-9;2-1(3)4/h9,11H,1-8H2;(H,2,3,4). The number of nitrogens with zero attached hydrogens (tertiary/aromatic N) is 2. The molecule has 0 aromatic carbocycles. The van der Waals surface area contributed by atoms with Gasteiger partial charge in [0.05, 0.1) is 0 Å². The number of nitrogens with one attached hydrogen (secondary N) is 1. The smallest absolute Gasteiger partial charge is 0.291 e. The van der Waals surface area contributed by atoms with Crippen LogP contribution in [0.1, 0.15) is 25.7 Å². The number of likely N-dealkylation sites (tertiary alicyclic amines) is 1. The molecule has 0 radical (unpaired) electrons. The Morgan fingerprint density at radius 2 is 1.76 bits per heavy atom. The van der Waals surface area contributed by atoms with E-state index in [2.05, 4.69) is 10.2 Å². The van der Waals surface area contributed by atoms with E-state index in [0.29, 0.717) is 11.8 Å². The van der Waals surface area contributed by atoms with Gasteiger partial charge in [0.25, 0.3) is 5.09 Å². The number of carbonyl (C=O) groups excluding carboxylic acids is 1. The molecule has 2 heterocycles. The van der Waals surface area contributed by atoms with Crippen LogP contribution in [0.15, 0.2) is 0 Å². The fourth-order valence-corrected chi connectivity index (χ4v) is 2.26. The molecule has 0 bridgehead atoms. The summed E-state index contributed by atoms with van der Waals surface area (Å²) in [5.41, 5.74) is 0. The highest BCUT2D eigenvalue weighted by atomic mass is 16.9. The summed E-state index contributed by atoms with van der Waals surface area (Å²) in [5, 5.41) is 16.9. The van der Waals surface area contributed by atoms with E-state index in [1.807, 2.05) is 0 Å². The van der Waals surface area contributed by atoms with Crippen molar-refractivity contribution in [3.63, 3.8) is 0 Å². The minimum Gasteiger partial charge on any atom is -0.342 e. The molecule has 1 amide bonds. The highest BCUT2D eigenvalue weighted by molar-refractivity contribution is 5.79. The molecule has 2 aliphatic rings. The lowest BCUT2D eigenvalue weighted by molar-refractivity contribution is -0.742. The van der Waals surface area contributed by atoms with E-state index >= 15 is 0 Å². The Morgan fingerprint density at radius 1 is 1.29 bits per heavy atom. The highest BCUT2D eigenvalue weighted by Crippen LogP contribution is 2.18. The third-order valence-corrected chi connectivity index (χ3v) is 3.11. The Morgan fingerprint density at radius 3 is 2.24 bits per heavy atom. The Hall–Kier alpha value is -1.37. The number of piperidine rings is 1. The largest absolute Gasteiger partial charge is 0.342 e. The van der Waals surface area contributed by atoms with Crippen molar-refractivity contribution in [2.24, 2.45) is 5.92 Å². The van der Waals surface area contributed by atoms with Crippen LogP contribution in [0.4, 0.5) is 0 Å². The van der Waals surface area contributed by atoms with Crippen molar-refractivity contribution in [2.75, 3.05) is 26.2 Å². The topological polar surface area (TPSA) is 95.7 Å². The quantitative estimate of drug-likeness (QED) is 0.510. The van der Waals surface area contributed by atoms with E-state index in [-0.39, 0.29) is 0 Å². The van der Waals surface area contributed by atoms with Gasteiger partial charge in [-0.05, 0) is 38.8 Å². The van der Waals surface area contributed by atoms with Gasteiger partial charge in [0.1, 0.15) is 0 Å². The van der Waals surface area contributed by atoms with Crippen molar-refractivity contribution in [3.05, 3.63) is 10.1 Å². The van der Waals surface area contributed by atoms with Gasteiger partial charge in [-0.1, -0.05) is 0 Å². The van der Waals surface area contributed by atoms with Gasteiger partial charge >= 0.3 is 0 Å². The first-order chi connectivity index (χ1) is 8.11. The summed E-state index contributed by atoms with van der Waals surface area (Å²) in [6, 6.07) is 0. The van der Waals surface area contributed by atoms with Crippen molar-refractivity contribution in [1.29, 1.82) is 0 Å². The van der Waals surface area contributed by atoms with Gasteiger partial charge in [-0.25, -0.2) is 0 Å². The summed E-state index contributed by atoms with van der Waals surface area (Å²) in [6.45, 7) is 4.04. The van der Waals surface area contributed by atoms with Gasteiger partial charge in [-0.3, -0.25) is 4.79 Å². The summed E-state index contributed by atoms with van der Waals surface area (Å²) in [6.07, 6.45) is 4.48. The maximum absolute atomic E-state index is 11.9. The number of hydrogen-bond donors (Lipinski definition) is 2. The Balaban J connectivity index is 0.000000317. The van der Waals surface area contributed by atoms with Crippen LogP contribution in [-0.2, 0) is 4.79 Å². The fraction of sp³-hybridized carbons (Fsp3) is 0.900. The van der Waals surface area contributed by atoms with Gasteiger partial charge in [0, 0.05) is 19.0 Å². The molecular formula is C10H19N3O4. The van der Waals surface area contributed by atoms with Gasteiger partial charge in [-0.2, -0.15) is 0 Å². The number of carbonyl (C=O) groups is 1. The Kier molecular flexibility index (Phi) is 5.68. The Labute approximate surface area is 99.9 Å². The van der Waals surface area contributed by atoms with Crippen LogP contribution in [0.25, 0.3) is 0 Å². The molecule has 2 rings (SSSR count). The SMILES string of the molecule is O=C(C1CCNCC1)N1CCCC1.O=[N+]([O-])O. The zero-order chi connectivity index (χ0) is 12.7. The molecule has 2 saturated heterocycles. The molecule has 0 spiro atoms. The average molecular weight is 245 g/mol. The molecule has 0 atom stereocenters. The molecule has 0 aromatic rings. The molecule has 7 heteroatoms. The molecule has 2 fully saturated rings. The molecule has 0 aliphatic carbocycles. The first kappa shape index (κ1) is 13.7. The van der Waals surface area contributed by atoms with E-state index in [9.17, 15) is 4.79 Å².